The van der Waals surface area contributed by atoms with Gasteiger partial charge < -0.3 is 10.8 Å². The van der Waals surface area contributed by atoms with E-state index in [1.165, 1.54) is 0 Å². The van der Waals surface area contributed by atoms with Crippen LogP contribution in [-0.2, 0) is 0 Å². The minimum absolute atomic E-state index is 0.149. The number of alkyl halides is 3. The zero-order valence-corrected chi connectivity index (χ0v) is 8.51. The van der Waals surface area contributed by atoms with Crippen molar-refractivity contribution in [3.05, 3.63) is 35.4 Å². The summed E-state index contributed by atoms with van der Waals surface area (Å²) in [5.41, 5.74) is 4.65. The maximum absolute atomic E-state index is 12.8. The second kappa shape index (κ2) is 4.97. The zero-order chi connectivity index (χ0) is 13.2. The SMILES string of the molecule is N[C@H](C[C@@H](O)c1ccc(F)c(F)c1)C(F)(F)F. The van der Waals surface area contributed by atoms with Crippen LogP contribution in [0.25, 0.3) is 0 Å². The van der Waals surface area contributed by atoms with Crippen molar-refractivity contribution in [2.24, 2.45) is 5.73 Å². The highest BCUT2D eigenvalue weighted by Crippen LogP contribution is 2.27. The quantitative estimate of drug-likeness (QED) is 0.814. The number of benzene rings is 1. The molecule has 1 aromatic rings. The van der Waals surface area contributed by atoms with E-state index < -0.39 is 36.4 Å². The molecule has 1 rings (SSSR count). The average Bonchev–Trinajstić information content (AvgIpc) is 2.20. The van der Waals surface area contributed by atoms with Gasteiger partial charge in [-0.1, -0.05) is 6.07 Å². The van der Waals surface area contributed by atoms with E-state index in [0.29, 0.717) is 6.07 Å². The first-order valence-corrected chi connectivity index (χ1v) is 4.67. The van der Waals surface area contributed by atoms with Gasteiger partial charge in [-0.15, -0.1) is 0 Å². The molecular formula is C10H10F5NO. The van der Waals surface area contributed by atoms with Crippen LogP contribution in [0.15, 0.2) is 18.2 Å². The van der Waals surface area contributed by atoms with E-state index in [9.17, 15) is 27.1 Å². The standard InChI is InChI=1S/C10H10F5NO/c11-6-2-1-5(3-7(6)12)8(17)4-9(16)10(13,14)15/h1-3,8-9,17H,4,16H2/t8-,9-/m1/s1. The summed E-state index contributed by atoms with van der Waals surface area (Å²) in [6.45, 7) is 0. The van der Waals surface area contributed by atoms with Crippen LogP contribution in [0.2, 0.25) is 0 Å². The van der Waals surface area contributed by atoms with Crippen LogP contribution in [0.5, 0.6) is 0 Å². The first-order valence-electron chi connectivity index (χ1n) is 4.67. The molecule has 0 unspecified atom stereocenters. The van der Waals surface area contributed by atoms with E-state index in [2.05, 4.69) is 0 Å². The van der Waals surface area contributed by atoms with Gasteiger partial charge in [0.15, 0.2) is 11.6 Å². The smallest absolute Gasteiger partial charge is 0.388 e. The van der Waals surface area contributed by atoms with Crippen molar-refractivity contribution >= 4 is 0 Å². The van der Waals surface area contributed by atoms with Crippen LogP contribution in [0, 0.1) is 11.6 Å². The van der Waals surface area contributed by atoms with Crippen molar-refractivity contribution < 1.29 is 27.1 Å². The maximum Gasteiger partial charge on any atom is 0.403 e. The summed E-state index contributed by atoms with van der Waals surface area (Å²) >= 11 is 0. The fourth-order valence-electron chi connectivity index (χ4n) is 1.23. The molecule has 17 heavy (non-hydrogen) atoms. The van der Waals surface area contributed by atoms with Gasteiger partial charge in [0.2, 0.25) is 0 Å². The summed E-state index contributed by atoms with van der Waals surface area (Å²) in [6, 6.07) is 0.160. The van der Waals surface area contributed by atoms with Crippen LogP contribution in [-0.4, -0.2) is 17.3 Å². The van der Waals surface area contributed by atoms with Crippen LogP contribution >= 0.6 is 0 Å². The normalized spacial score (nSPS) is 15.7. The number of hydrogen-bond acceptors (Lipinski definition) is 2. The minimum atomic E-state index is -4.64. The molecule has 0 spiro atoms. The number of aliphatic hydroxyl groups excluding tert-OH is 1. The predicted octanol–water partition coefficient (Wildman–Crippen LogP) is 2.28. The summed E-state index contributed by atoms with van der Waals surface area (Å²) in [5, 5.41) is 9.40. The summed E-state index contributed by atoms with van der Waals surface area (Å²) in [6.07, 6.45) is -7.05. The summed E-state index contributed by atoms with van der Waals surface area (Å²) in [5.74, 6) is -2.37. The van der Waals surface area contributed by atoms with Gasteiger partial charge >= 0.3 is 6.18 Å². The van der Waals surface area contributed by atoms with Crippen molar-refractivity contribution in [2.75, 3.05) is 0 Å². The molecule has 0 aliphatic heterocycles. The van der Waals surface area contributed by atoms with Crippen molar-refractivity contribution in [3.8, 4) is 0 Å². The lowest BCUT2D eigenvalue weighted by Crippen LogP contribution is -2.38. The zero-order valence-electron chi connectivity index (χ0n) is 8.51. The number of aliphatic hydroxyl groups is 1. The van der Waals surface area contributed by atoms with E-state index >= 15 is 0 Å². The third kappa shape index (κ3) is 3.64. The van der Waals surface area contributed by atoms with E-state index in [-0.39, 0.29) is 5.56 Å². The molecule has 2 nitrogen and oxygen atoms in total. The third-order valence-electron chi connectivity index (χ3n) is 2.23. The Morgan fingerprint density at radius 3 is 2.24 bits per heavy atom. The topological polar surface area (TPSA) is 46.2 Å². The Bertz CT molecular complexity index is 393. The molecule has 0 saturated carbocycles. The van der Waals surface area contributed by atoms with Crippen molar-refractivity contribution in [3.63, 3.8) is 0 Å². The first-order chi connectivity index (χ1) is 7.71. The molecular weight excluding hydrogens is 245 g/mol. The monoisotopic (exact) mass is 255 g/mol. The lowest BCUT2D eigenvalue weighted by molar-refractivity contribution is -0.153. The molecule has 3 N–H and O–H groups in total. The fourth-order valence-corrected chi connectivity index (χ4v) is 1.23. The lowest BCUT2D eigenvalue weighted by Gasteiger charge is -2.19. The largest absolute Gasteiger partial charge is 0.403 e. The van der Waals surface area contributed by atoms with Crippen LogP contribution in [0.4, 0.5) is 22.0 Å². The second-order valence-corrected chi connectivity index (χ2v) is 3.57. The Kier molecular flexibility index (Phi) is 4.05. The molecule has 0 aliphatic rings. The van der Waals surface area contributed by atoms with Gasteiger partial charge in [0.25, 0.3) is 0 Å². The van der Waals surface area contributed by atoms with Gasteiger partial charge in [0.05, 0.1) is 6.10 Å². The molecule has 0 heterocycles. The highest BCUT2D eigenvalue weighted by Gasteiger charge is 2.38. The van der Waals surface area contributed by atoms with Gasteiger partial charge in [-0.2, -0.15) is 13.2 Å². The van der Waals surface area contributed by atoms with Gasteiger partial charge in [0, 0.05) is 6.42 Å². The van der Waals surface area contributed by atoms with E-state index in [4.69, 9.17) is 5.73 Å². The molecule has 96 valence electrons. The highest BCUT2D eigenvalue weighted by atomic mass is 19.4. The minimum Gasteiger partial charge on any atom is -0.388 e. The first kappa shape index (κ1) is 13.9. The van der Waals surface area contributed by atoms with Crippen molar-refractivity contribution in [2.45, 2.75) is 24.7 Å². The van der Waals surface area contributed by atoms with E-state index in [1.807, 2.05) is 0 Å². The number of nitrogens with two attached hydrogens (primary N) is 1. The molecule has 0 amide bonds. The van der Waals surface area contributed by atoms with Gasteiger partial charge in [-0.3, -0.25) is 0 Å². The highest BCUT2D eigenvalue weighted by molar-refractivity contribution is 5.20. The molecule has 7 heteroatoms. The molecule has 0 aliphatic carbocycles. The van der Waals surface area contributed by atoms with Gasteiger partial charge in [0.1, 0.15) is 6.04 Å². The molecule has 2 atom stereocenters. The fraction of sp³-hybridized carbons (Fsp3) is 0.400. The second-order valence-electron chi connectivity index (χ2n) is 3.57. The molecule has 0 fully saturated rings. The Morgan fingerprint density at radius 2 is 1.76 bits per heavy atom. The third-order valence-corrected chi connectivity index (χ3v) is 2.23. The van der Waals surface area contributed by atoms with Crippen LogP contribution in [0.3, 0.4) is 0 Å². The number of hydrogen-bond donors (Lipinski definition) is 2. The van der Waals surface area contributed by atoms with Crippen LogP contribution < -0.4 is 5.73 Å². The average molecular weight is 255 g/mol. The summed E-state index contributed by atoms with van der Waals surface area (Å²) in [4.78, 5) is 0. The Morgan fingerprint density at radius 1 is 1.18 bits per heavy atom. The van der Waals surface area contributed by atoms with Gasteiger partial charge in [-0.05, 0) is 17.7 Å². The predicted molar refractivity (Wildman–Crippen MR) is 50.0 cm³/mol. The van der Waals surface area contributed by atoms with Gasteiger partial charge in [-0.25, -0.2) is 8.78 Å². The summed E-state index contributed by atoms with van der Waals surface area (Å²) in [7, 11) is 0. The Balaban J connectivity index is 2.76. The molecule has 0 bridgehead atoms. The number of halogens is 5. The number of rotatable bonds is 3. The molecule has 0 radical (unpaired) electrons. The van der Waals surface area contributed by atoms with Crippen molar-refractivity contribution in [1.82, 2.24) is 0 Å². The van der Waals surface area contributed by atoms with Crippen molar-refractivity contribution in [1.29, 1.82) is 0 Å². The lowest BCUT2D eigenvalue weighted by atomic mass is 10.0. The van der Waals surface area contributed by atoms with E-state index in [1.54, 1.807) is 0 Å². The Labute approximate surface area is 93.9 Å². The molecule has 0 saturated heterocycles. The summed E-state index contributed by atoms with van der Waals surface area (Å²) < 4.78 is 61.6. The molecule has 0 aromatic heterocycles. The van der Waals surface area contributed by atoms with E-state index in [0.717, 1.165) is 12.1 Å². The Hall–Kier alpha value is -1.21. The maximum atomic E-state index is 12.8. The molecule has 1 aromatic carbocycles. The van der Waals surface area contributed by atoms with Crippen LogP contribution in [0.1, 0.15) is 18.1 Å².